The number of aromatic nitrogens is 2. The first-order valence-electron chi connectivity index (χ1n) is 6.00. The Morgan fingerprint density at radius 3 is 2.85 bits per heavy atom. The van der Waals surface area contributed by atoms with Gasteiger partial charge in [-0.25, -0.2) is 0 Å². The summed E-state index contributed by atoms with van der Waals surface area (Å²) in [6.45, 7) is 0. The Kier molecular flexibility index (Phi) is 4.30. The van der Waals surface area contributed by atoms with Crippen molar-refractivity contribution in [3.05, 3.63) is 36.1 Å². The number of hydrogen-bond acceptors (Lipinski definition) is 7. The number of hydrogen-bond donors (Lipinski definition) is 1. The molecule has 2 N–H and O–H groups in total. The number of fused-ring (bicyclic) bond motifs is 1. The van der Waals surface area contributed by atoms with Gasteiger partial charge in [0.1, 0.15) is 11.3 Å². The molecule has 4 nitrogen and oxygen atoms in total. The molecule has 0 aliphatic carbocycles. The molecule has 0 saturated heterocycles. The molecule has 104 valence electrons. The Balaban J connectivity index is 1.67. The largest absolute Gasteiger partial charge is 0.459 e. The van der Waals surface area contributed by atoms with Crippen LogP contribution in [0.2, 0.25) is 0 Å². The van der Waals surface area contributed by atoms with Gasteiger partial charge < -0.3 is 10.2 Å². The molecule has 1 atom stereocenters. The molecule has 20 heavy (non-hydrogen) atoms. The molecule has 2 heterocycles. The van der Waals surface area contributed by atoms with E-state index in [1.807, 2.05) is 36.6 Å². The third-order valence-electron chi connectivity index (χ3n) is 2.76. The van der Waals surface area contributed by atoms with Gasteiger partial charge in [-0.15, -0.1) is 10.2 Å². The molecule has 1 unspecified atom stereocenters. The van der Waals surface area contributed by atoms with E-state index in [1.165, 1.54) is 0 Å². The maximum atomic E-state index is 6.18. The molecule has 0 aliphatic heterocycles. The van der Waals surface area contributed by atoms with E-state index in [4.69, 9.17) is 10.2 Å². The van der Waals surface area contributed by atoms with Crippen LogP contribution in [0.1, 0.15) is 11.8 Å². The van der Waals surface area contributed by atoms with Gasteiger partial charge in [0, 0.05) is 11.1 Å². The van der Waals surface area contributed by atoms with Crippen LogP contribution in [-0.4, -0.2) is 22.2 Å². The first kappa shape index (κ1) is 13.9. The zero-order valence-corrected chi connectivity index (χ0v) is 13.2. The summed E-state index contributed by atoms with van der Waals surface area (Å²) in [5.41, 5.74) is 7.06. The van der Waals surface area contributed by atoms with Gasteiger partial charge in [0.05, 0.1) is 6.04 Å². The number of rotatable bonds is 5. The van der Waals surface area contributed by atoms with Crippen LogP contribution >= 0.6 is 34.9 Å². The minimum atomic E-state index is -0.144. The highest BCUT2D eigenvalue weighted by molar-refractivity contribution is 8.02. The van der Waals surface area contributed by atoms with Crippen LogP contribution in [0.15, 0.2) is 43.4 Å². The lowest BCUT2D eigenvalue weighted by molar-refractivity contribution is 0.516. The van der Waals surface area contributed by atoms with Crippen LogP contribution < -0.4 is 5.73 Å². The van der Waals surface area contributed by atoms with Crippen LogP contribution in [0, 0.1) is 0 Å². The Labute approximate surface area is 129 Å². The van der Waals surface area contributed by atoms with Gasteiger partial charge in [0.25, 0.3) is 0 Å². The van der Waals surface area contributed by atoms with Gasteiger partial charge >= 0.3 is 0 Å². The second-order valence-corrected chi connectivity index (χ2v) is 7.44. The number of benzene rings is 1. The van der Waals surface area contributed by atoms with E-state index in [0.29, 0.717) is 0 Å². The van der Waals surface area contributed by atoms with Crippen molar-refractivity contribution in [2.45, 2.75) is 14.7 Å². The molecule has 0 bridgehead atoms. The van der Waals surface area contributed by atoms with E-state index in [9.17, 15) is 0 Å². The fourth-order valence-electron chi connectivity index (χ4n) is 1.77. The minimum absolute atomic E-state index is 0.144. The predicted molar refractivity (Wildman–Crippen MR) is 85.6 cm³/mol. The lowest BCUT2D eigenvalue weighted by Crippen LogP contribution is -2.11. The standard InChI is InChI=1S/C13H13N3OS3/c1-18-12-15-16-13(20-12)19-7-9(14)11-6-8-4-2-3-5-10(8)17-11/h2-6,9H,7,14H2,1H3. The molecular weight excluding hydrogens is 310 g/mol. The zero-order valence-electron chi connectivity index (χ0n) is 10.8. The van der Waals surface area contributed by atoms with Gasteiger partial charge in [-0.1, -0.05) is 53.1 Å². The molecular formula is C13H13N3OS3. The van der Waals surface area contributed by atoms with Crippen LogP contribution in [0.4, 0.5) is 0 Å². The lowest BCUT2D eigenvalue weighted by Gasteiger charge is -2.05. The van der Waals surface area contributed by atoms with Crippen molar-refractivity contribution >= 4 is 45.8 Å². The summed E-state index contributed by atoms with van der Waals surface area (Å²) in [4.78, 5) is 0. The number of nitrogens with two attached hydrogens (primary N) is 1. The Hall–Kier alpha value is -1.02. The topological polar surface area (TPSA) is 64.9 Å². The molecule has 1 aromatic carbocycles. The van der Waals surface area contributed by atoms with Crippen molar-refractivity contribution in [1.82, 2.24) is 10.2 Å². The Bertz CT molecular complexity index is 677. The van der Waals surface area contributed by atoms with E-state index in [-0.39, 0.29) is 6.04 Å². The summed E-state index contributed by atoms with van der Waals surface area (Å²) in [6.07, 6.45) is 2.00. The Morgan fingerprint density at radius 1 is 1.30 bits per heavy atom. The molecule has 3 aromatic rings. The molecule has 2 aromatic heterocycles. The molecule has 0 saturated carbocycles. The van der Waals surface area contributed by atoms with Gasteiger partial charge in [-0.2, -0.15) is 0 Å². The summed E-state index contributed by atoms with van der Waals surface area (Å²) in [5, 5.41) is 9.27. The molecule has 0 aliphatic rings. The van der Waals surface area contributed by atoms with Crippen molar-refractivity contribution in [2.24, 2.45) is 5.73 Å². The van der Waals surface area contributed by atoms with Crippen molar-refractivity contribution in [2.75, 3.05) is 12.0 Å². The first-order chi connectivity index (χ1) is 9.76. The third kappa shape index (κ3) is 3.01. The van der Waals surface area contributed by atoms with Crippen LogP contribution in [-0.2, 0) is 0 Å². The minimum Gasteiger partial charge on any atom is -0.459 e. The molecule has 0 amide bonds. The molecule has 3 rings (SSSR count). The van der Waals surface area contributed by atoms with Crippen LogP contribution in [0.25, 0.3) is 11.0 Å². The summed E-state index contributed by atoms with van der Waals surface area (Å²) >= 11 is 4.81. The van der Waals surface area contributed by atoms with E-state index in [0.717, 1.165) is 31.2 Å². The summed E-state index contributed by atoms with van der Waals surface area (Å²) in [6, 6.07) is 9.79. The monoisotopic (exact) mass is 323 g/mol. The maximum Gasteiger partial charge on any atom is 0.175 e. The van der Waals surface area contributed by atoms with Crippen LogP contribution in [0.5, 0.6) is 0 Å². The highest BCUT2D eigenvalue weighted by Gasteiger charge is 2.14. The summed E-state index contributed by atoms with van der Waals surface area (Å²) in [7, 11) is 0. The average molecular weight is 323 g/mol. The summed E-state index contributed by atoms with van der Waals surface area (Å²) in [5.74, 6) is 1.54. The third-order valence-corrected chi connectivity index (χ3v) is 5.91. The van der Waals surface area contributed by atoms with Gasteiger partial charge in [0.2, 0.25) is 0 Å². The molecule has 0 fully saturated rings. The number of thioether (sulfide) groups is 2. The SMILES string of the molecule is CSc1nnc(SCC(N)c2cc3ccccc3o2)s1. The quantitative estimate of drug-likeness (QED) is 0.721. The van der Waals surface area contributed by atoms with E-state index >= 15 is 0 Å². The second-order valence-electron chi connectivity index (χ2n) is 4.14. The number of nitrogens with zero attached hydrogens (tertiary/aromatic N) is 2. The van der Waals surface area contributed by atoms with E-state index in [2.05, 4.69) is 10.2 Å². The predicted octanol–water partition coefficient (Wildman–Crippen LogP) is 3.80. The fourth-order valence-corrected chi connectivity index (χ4v) is 4.19. The van der Waals surface area contributed by atoms with Gasteiger partial charge in [-0.3, -0.25) is 0 Å². The zero-order chi connectivity index (χ0) is 13.9. The number of furan rings is 1. The summed E-state index contributed by atoms with van der Waals surface area (Å²) < 4.78 is 7.69. The van der Waals surface area contributed by atoms with Crippen LogP contribution in [0.3, 0.4) is 0 Å². The van der Waals surface area contributed by atoms with E-state index < -0.39 is 0 Å². The average Bonchev–Trinajstić information content (AvgIpc) is 3.10. The van der Waals surface area contributed by atoms with Crippen molar-refractivity contribution in [1.29, 1.82) is 0 Å². The normalized spacial score (nSPS) is 12.9. The van der Waals surface area contributed by atoms with Crippen molar-refractivity contribution < 1.29 is 4.42 Å². The van der Waals surface area contributed by atoms with Crippen molar-refractivity contribution in [3.8, 4) is 0 Å². The smallest absolute Gasteiger partial charge is 0.175 e. The fraction of sp³-hybridized carbons (Fsp3) is 0.231. The molecule has 0 radical (unpaired) electrons. The highest BCUT2D eigenvalue weighted by atomic mass is 32.2. The first-order valence-corrected chi connectivity index (χ1v) is 9.03. The lowest BCUT2D eigenvalue weighted by atomic mass is 10.2. The number of para-hydroxylation sites is 1. The van der Waals surface area contributed by atoms with E-state index in [1.54, 1.807) is 34.9 Å². The molecule has 0 spiro atoms. The van der Waals surface area contributed by atoms with Gasteiger partial charge in [0.15, 0.2) is 8.68 Å². The molecule has 7 heteroatoms. The Morgan fingerprint density at radius 2 is 2.10 bits per heavy atom. The highest BCUT2D eigenvalue weighted by Crippen LogP contribution is 2.31. The second kappa shape index (κ2) is 6.17. The van der Waals surface area contributed by atoms with Crippen molar-refractivity contribution in [3.63, 3.8) is 0 Å². The van der Waals surface area contributed by atoms with Gasteiger partial charge in [-0.05, 0) is 18.4 Å². The maximum absolute atomic E-state index is 6.18.